The molecule has 0 bridgehead atoms. The molecule has 3 aromatic rings. The number of rotatable bonds is 1. The van der Waals surface area contributed by atoms with Gasteiger partial charge in [0.2, 0.25) is 0 Å². The quantitative estimate of drug-likeness (QED) is 0.663. The minimum absolute atomic E-state index is 0.805. The number of fused-ring (bicyclic) bond motifs is 1. The predicted molar refractivity (Wildman–Crippen MR) is 73.1 cm³/mol. The van der Waals surface area contributed by atoms with Gasteiger partial charge < -0.3 is 10.3 Å². The van der Waals surface area contributed by atoms with Gasteiger partial charge in [-0.05, 0) is 36.8 Å². The van der Waals surface area contributed by atoms with Crippen molar-refractivity contribution in [3.63, 3.8) is 0 Å². The summed E-state index contributed by atoms with van der Waals surface area (Å²) < 4.78 is 2.07. The molecule has 0 atom stereocenters. The highest BCUT2D eigenvalue weighted by Crippen LogP contribution is 2.25. The zero-order valence-electron chi connectivity index (χ0n) is 10.4. The van der Waals surface area contributed by atoms with Crippen LogP contribution in [0.25, 0.3) is 22.4 Å². The van der Waals surface area contributed by atoms with Crippen molar-refractivity contribution >= 4 is 16.7 Å². The Hall–Kier alpha value is -2.36. The van der Waals surface area contributed by atoms with E-state index in [0.29, 0.717) is 0 Å². The lowest BCUT2D eigenvalue weighted by Gasteiger charge is -2.05. The second-order valence-corrected chi connectivity index (χ2v) is 4.43. The molecular weight excluding hydrogens is 224 g/mol. The molecule has 2 aromatic heterocycles. The second-order valence-electron chi connectivity index (χ2n) is 4.43. The van der Waals surface area contributed by atoms with Crippen molar-refractivity contribution in [3.05, 3.63) is 42.2 Å². The molecule has 4 nitrogen and oxygen atoms in total. The molecule has 0 amide bonds. The molecule has 4 heteroatoms. The molecule has 0 aliphatic rings. The van der Waals surface area contributed by atoms with Crippen LogP contribution in [0.5, 0.6) is 0 Å². The summed E-state index contributed by atoms with van der Waals surface area (Å²) in [6, 6.07) is 7.94. The Labute approximate surface area is 105 Å². The fourth-order valence-corrected chi connectivity index (χ4v) is 2.12. The topological polar surface area (TPSA) is 56.7 Å². The van der Waals surface area contributed by atoms with E-state index < -0.39 is 0 Å². The third-order valence-electron chi connectivity index (χ3n) is 3.21. The molecule has 2 N–H and O–H groups in total. The first-order chi connectivity index (χ1) is 8.66. The monoisotopic (exact) mass is 238 g/mol. The summed E-state index contributed by atoms with van der Waals surface area (Å²) in [6.07, 6.45) is 3.56. The predicted octanol–water partition coefficient (Wildman–Crippen LogP) is 2.53. The van der Waals surface area contributed by atoms with Crippen LogP contribution in [0.3, 0.4) is 0 Å². The highest BCUT2D eigenvalue weighted by Gasteiger charge is 2.10. The van der Waals surface area contributed by atoms with Gasteiger partial charge in [-0.2, -0.15) is 0 Å². The van der Waals surface area contributed by atoms with E-state index in [4.69, 9.17) is 5.73 Å². The number of anilines is 1. The van der Waals surface area contributed by atoms with Gasteiger partial charge in [0, 0.05) is 24.5 Å². The van der Waals surface area contributed by atoms with Crippen molar-refractivity contribution in [1.29, 1.82) is 0 Å². The van der Waals surface area contributed by atoms with Gasteiger partial charge in [-0.3, -0.25) is 4.98 Å². The van der Waals surface area contributed by atoms with E-state index in [1.807, 2.05) is 32.2 Å². The largest absolute Gasteiger partial charge is 0.399 e. The van der Waals surface area contributed by atoms with Gasteiger partial charge in [0.25, 0.3) is 0 Å². The van der Waals surface area contributed by atoms with E-state index in [2.05, 4.69) is 20.6 Å². The molecule has 3 rings (SSSR count). The van der Waals surface area contributed by atoms with Crippen molar-refractivity contribution in [3.8, 4) is 11.4 Å². The van der Waals surface area contributed by atoms with Crippen LogP contribution >= 0.6 is 0 Å². The fraction of sp³-hybridized carbons (Fsp3) is 0.143. The summed E-state index contributed by atoms with van der Waals surface area (Å²) in [5.41, 5.74) is 10.8. The summed E-state index contributed by atoms with van der Waals surface area (Å²) in [5, 5.41) is 0. The molecule has 2 heterocycles. The normalized spacial score (nSPS) is 11.0. The Morgan fingerprint density at radius 1 is 1.22 bits per heavy atom. The minimum Gasteiger partial charge on any atom is -0.399 e. The van der Waals surface area contributed by atoms with Crippen LogP contribution in [0.2, 0.25) is 0 Å². The summed E-state index contributed by atoms with van der Waals surface area (Å²) in [7, 11) is 2.01. The molecule has 0 saturated carbocycles. The first-order valence-corrected chi connectivity index (χ1v) is 5.80. The number of benzene rings is 1. The molecule has 0 radical (unpaired) electrons. The second kappa shape index (κ2) is 3.84. The molecule has 0 fully saturated rings. The number of nitrogen functional groups attached to an aromatic ring is 1. The molecule has 1 aromatic carbocycles. The number of nitrogens with zero attached hydrogens (tertiary/aromatic N) is 3. The number of hydrogen-bond donors (Lipinski definition) is 1. The molecule has 90 valence electrons. The van der Waals surface area contributed by atoms with Gasteiger partial charge >= 0.3 is 0 Å². The molecule has 0 aliphatic heterocycles. The van der Waals surface area contributed by atoms with Gasteiger partial charge in [0.1, 0.15) is 11.3 Å². The Morgan fingerprint density at radius 3 is 2.78 bits per heavy atom. The molecule has 0 saturated heterocycles. The van der Waals surface area contributed by atoms with E-state index >= 15 is 0 Å². The SMILES string of the molecule is Cc1cc(-c2nc3cnccc3n2C)ccc1N. The average Bonchev–Trinajstić information content (AvgIpc) is 2.71. The van der Waals surface area contributed by atoms with Crippen LogP contribution < -0.4 is 5.73 Å². The van der Waals surface area contributed by atoms with E-state index in [0.717, 1.165) is 33.7 Å². The molecule has 0 unspecified atom stereocenters. The van der Waals surface area contributed by atoms with Crippen molar-refractivity contribution < 1.29 is 0 Å². The zero-order chi connectivity index (χ0) is 12.7. The molecule has 0 spiro atoms. The van der Waals surface area contributed by atoms with Crippen LogP contribution in [-0.4, -0.2) is 14.5 Å². The van der Waals surface area contributed by atoms with E-state index in [1.54, 1.807) is 12.4 Å². The maximum absolute atomic E-state index is 5.84. The number of hydrogen-bond acceptors (Lipinski definition) is 3. The average molecular weight is 238 g/mol. The lowest BCUT2D eigenvalue weighted by atomic mass is 10.1. The Kier molecular flexibility index (Phi) is 2.30. The van der Waals surface area contributed by atoms with Crippen LogP contribution in [0, 0.1) is 6.92 Å². The van der Waals surface area contributed by atoms with Crippen LogP contribution in [0.4, 0.5) is 5.69 Å². The Balaban J connectivity index is 2.25. The summed E-state index contributed by atoms with van der Waals surface area (Å²) in [6.45, 7) is 2.00. The molecular formula is C14H14N4. The lowest BCUT2D eigenvalue weighted by molar-refractivity contribution is 0.958. The van der Waals surface area contributed by atoms with Crippen molar-refractivity contribution in [1.82, 2.24) is 14.5 Å². The Bertz CT molecular complexity index is 728. The maximum Gasteiger partial charge on any atom is 0.140 e. The lowest BCUT2D eigenvalue weighted by Crippen LogP contribution is -1.94. The molecule has 18 heavy (non-hydrogen) atoms. The highest BCUT2D eigenvalue weighted by atomic mass is 15.1. The van der Waals surface area contributed by atoms with Gasteiger partial charge in [0.05, 0.1) is 11.7 Å². The van der Waals surface area contributed by atoms with Crippen LogP contribution in [0.15, 0.2) is 36.7 Å². The van der Waals surface area contributed by atoms with E-state index in [-0.39, 0.29) is 0 Å². The van der Waals surface area contributed by atoms with Crippen LogP contribution in [-0.2, 0) is 7.05 Å². The smallest absolute Gasteiger partial charge is 0.140 e. The minimum atomic E-state index is 0.805. The van der Waals surface area contributed by atoms with Crippen molar-refractivity contribution in [2.24, 2.45) is 7.05 Å². The Morgan fingerprint density at radius 2 is 2.06 bits per heavy atom. The summed E-state index contributed by atoms with van der Waals surface area (Å²) in [4.78, 5) is 8.71. The number of pyridine rings is 1. The fourth-order valence-electron chi connectivity index (χ4n) is 2.12. The maximum atomic E-state index is 5.84. The van der Waals surface area contributed by atoms with Crippen molar-refractivity contribution in [2.45, 2.75) is 6.92 Å². The van der Waals surface area contributed by atoms with Gasteiger partial charge in [-0.15, -0.1) is 0 Å². The van der Waals surface area contributed by atoms with Gasteiger partial charge in [0.15, 0.2) is 0 Å². The van der Waals surface area contributed by atoms with Gasteiger partial charge in [-0.1, -0.05) is 0 Å². The molecule has 0 aliphatic carbocycles. The number of aryl methyl sites for hydroxylation is 2. The summed E-state index contributed by atoms with van der Waals surface area (Å²) in [5.74, 6) is 0.932. The third-order valence-corrected chi connectivity index (χ3v) is 3.21. The first kappa shape index (κ1) is 10.8. The van der Waals surface area contributed by atoms with Gasteiger partial charge in [-0.25, -0.2) is 4.98 Å². The standard InChI is InChI=1S/C14H14N4/c1-9-7-10(3-4-11(9)15)14-17-12-8-16-6-5-13(12)18(14)2/h3-8H,15H2,1-2H3. The van der Waals surface area contributed by atoms with Crippen LogP contribution in [0.1, 0.15) is 5.56 Å². The number of nitrogens with two attached hydrogens (primary N) is 1. The first-order valence-electron chi connectivity index (χ1n) is 5.80. The third kappa shape index (κ3) is 1.54. The zero-order valence-corrected chi connectivity index (χ0v) is 10.4. The van der Waals surface area contributed by atoms with E-state index in [1.165, 1.54) is 0 Å². The van der Waals surface area contributed by atoms with E-state index in [9.17, 15) is 0 Å². The number of imidazole rings is 1. The van der Waals surface area contributed by atoms with Crippen molar-refractivity contribution in [2.75, 3.05) is 5.73 Å². The number of aromatic nitrogens is 3. The summed E-state index contributed by atoms with van der Waals surface area (Å²) >= 11 is 0. The highest BCUT2D eigenvalue weighted by molar-refractivity contribution is 5.80.